The molecule has 0 aromatic heterocycles. The predicted molar refractivity (Wildman–Crippen MR) is 119 cm³/mol. The van der Waals surface area contributed by atoms with Crippen molar-refractivity contribution in [2.75, 3.05) is 6.61 Å². The second-order valence-electron chi connectivity index (χ2n) is 8.79. The lowest BCUT2D eigenvalue weighted by atomic mass is 9.83. The van der Waals surface area contributed by atoms with E-state index in [2.05, 4.69) is 19.2 Å². The number of nitrogens with one attached hydrogen (secondary N) is 2. The number of hydrogen-bond acceptors (Lipinski definition) is 3. The Bertz CT molecular complexity index is 972. The van der Waals surface area contributed by atoms with Gasteiger partial charge in [-0.3, -0.25) is 15.1 Å². The maximum Gasteiger partial charge on any atom is 0.260 e. The van der Waals surface area contributed by atoms with Gasteiger partial charge in [0.05, 0.1) is 12.6 Å². The molecule has 1 saturated carbocycles. The number of carbonyl (C=O) groups excluding carboxylic acids is 1. The molecular formula is C24H28ClN3O2. The Balaban J connectivity index is 1.75. The van der Waals surface area contributed by atoms with Crippen LogP contribution in [0, 0.1) is 17.2 Å². The van der Waals surface area contributed by atoms with E-state index in [-0.39, 0.29) is 24.4 Å². The summed E-state index contributed by atoms with van der Waals surface area (Å²) in [5.74, 6) is 0.408. The summed E-state index contributed by atoms with van der Waals surface area (Å²) in [6.45, 7) is 3.96. The number of guanidine groups is 1. The number of carbonyl (C=O) groups is 1. The first kappa shape index (κ1) is 20.9. The number of amides is 1. The summed E-state index contributed by atoms with van der Waals surface area (Å²) >= 11 is 6.18. The van der Waals surface area contributed by atoms with Crippen molar-refractivity contribution < 1.29 is 9.90 Å². The van der Waals surface area contributed by atoms with E-state index in [0.717, 1.165) is 29.5 Å². The third kappa shape index (κ3) is 3.61. The fourth-order valence-electron chi connectivity index (χ4n) is 4.58. The summed E-state index contributed by atoms with van der Waals surface area (Å²) in [7, 11) is 0. The van der Waals surface area contributed by atoms with Crippen molar-refractivity contribution in [3.05, 3.63) is 59.1 Å². The largest absolute Gasteiger partial charge is 0.394 e. The van der Waals surface area contributed by atoms with Gasteiger partial charge in [-0.05, 0) is 66.0 Å². The van der Waals surface area contributed by atoms with Crippen molar-refractivity contribution in [2.24, 2.45) is 11.8 Å². The van der Waals surface area contributed by atoms with Crippen LogP contribution in [0.2, 0.25) is 5.02 Å². The van der Waals surface area contributed by atoms with E-state index in [0.29, 0.717) is 17.4 Å². The molecule has 1 saturated heterocycles. The quantitative estimate of drug-likeness (QED) is 0.615. The first-order valence-electron chi connectivity index (χ1n) is 10.5. The fraction of sp³-hybridized carbons (Fsp3) is 0.417. The summed E-state index contributed by atoms with van der Waals surface area (Å²) in [4.78, 5) is 15.3. The number of halogens is 1. The molecule has 0 spiro atoms. The minimum absolute atomic E-state index is 0.0831. The van der Waals surface area contributed by atoms with Gasteiger partial charge in [-0.25, -0.2) is 0 Å². The molecule has 6 heteroatoms. The Morgan fingerprint density at radius 3 is 2.47 bits per heavy atom. The van der Waals surface area contributed by atoms with Gasteiger partial charge in [0.2, 0.25) is 0 Å². The Hall–Kier alpha value is -2.37. The van der Waals surface area contributed by atoms with Crippen LogP contribution in [-0.2, 0) is 10.3 Å². The van der Waals surface area contributed by atoms with Crippen LogP contribution >= 0.6 is 11.6 Å². The van der Waals surface area contributed by atoms with Gasteiger partial charge in [0.15, 0.2) is 5.96 Å². The van der Waals surface area contributed by atoms with Gasteiger partial charge in [-0.15, -0.1) is 0 Å². The topological polar surface area (TPSA) is 76.4 Å². The third-order valence-electron chi connectivity index (χ3n) is 6.10. The average Bonchev–Trinajstić information content (AvgIpc) is 3.53. The zero-order valence-corrected chi connectivity index (χ0v) is 18.1. The molecule has 1 aliphatic heterocycles. The Morgan fingerprint density at radius 1 is 1.20 bits per heavy atom. The average molecular weight is 426 g/mol. The molecule has 2 aromatic carbocycles. The summed E-state index contributed by atoms with van der Waals surface area (Å²) < 4.78 is 0. The number of aliphatic hydroxyl groups is 1. The molecule has 3 N–H and O–H groups in total. The molecule has 2 atom stereocenters. The van der Waals surface area contributed by atoms with Crippen molar-refractivity contribution in [3.8, 4) is 11.1 Å². The molecule has 30 heavy (non-hydrogen) atoms. The summed E-state index contributed by atoms with van der Waals surface area (Å²) in [5, 5.41) is 22.4. The molecule has 2 unspecified atom stereocenters. The van der Waals surface area contributed by atoms with Crippen LogP contribution in [0.15, 0.2) is 48.5 Å². The maximum absolute atomic E-state index is 13.8. The molecule has 0 bridgehead atoms. The van der Waals surface area contributed by atoms with Crippen molar-refractivity contribution in [1.82, 2.24) is 10.2 Å². The monoisotopic (exact) mass is 425 g/mol. The highest BCUT2D eigenvalue weighted by molar-refractivity contribution is 6.30. The Kier molecular flexibility index (Phi) is 5.60. The van der Waals surface area contributed by atoms with E-state index in [1.54, 1.807) is 0 Å². The lowest BCUT2D eigenvalue weighted by Crippen LogP contribution is -2.48. The molecule has 1 amide bonds. The van der Waals surface area contributed by atoms with E-state index in [9.17, 15) is 9.90 Å². The molecule has 2 aromatic rings. The highest BCUT2D eigenvalue weighted by atomic mass is 35.5. The van der Waals surface area contributed by atoms with Gasteiger partial charge in [0, 0.05) is 5.02 Å². The molecule has 1 heterocycles. The lowest BCUT2D eigenvalue weighted by Gasteiger charge is -2.30. The second kappa shape index (κ2) is 8.05. The molecular weight excluding hydrogens is 398 g/mol. The summed E-state index contributed by atoms with van der Waals surface area (Å²) in [6, 6.07) is 15.2. The van der Waals surface area contributed by atoms with Crippen LogP contribution < -0.4 is 5.32 Å². The Labute approximate surface area is 182 Å². The van der Waals surface area contributed by atoms with Crippen molar-refractivity contribution in [2.45, 2.75) is 44.7 Å². The molecule has 158 valence electrons. The van der Waals surface area contributed by atoms with E-state index in [1.807, 2.05) is 48.5 Å². The van der Waals surface area contributed by atoms with Gasteiger partial charge in [-0.2, -0.15) is 0 Å². The number of nitrogens with zero attached hydrogens (tertiary/aromatic N) is 1. The van der Waals surface area contributed by atoms with E-state index >= 15 is 0 Å². The fourth-order valence-corrected chi connectivity index (χ4v) is 4.77. The molecule has 1 aliphatic carbocycles. The van der Waals surface area contributed by atoms with Crippen LogP contribution in [-0.4, -0.2) is 34.5 Å². The van der Waals surface area contributed by atoms with Crippen molar-refractivity contribution in [1.29, 1.82) is 5.41 Å². The minimum atomic E-state index is -0.948. The summed E-state index contributed by atoms with van der Waals surface area (Å²) in [6.07, 6.45) is 2.53. The lowest BCUT2D eigenvalue weighted by molar-refractivity contribution is -0.134. The van der Waals surface area contributed by atoms with Crippen LogP contribution in [0.1, 0.15) is 38.7 Å². The van der Waals surface area contributed by atoms with Crippen LogP contribution in [0.25, 0.3) is 11.1 Å². The summed E-state index contributed by atoms with van der Waals surface area (Å²) in [5.41, 5.74) is 1.88. The van der Waals surface area contributed by atoms with E-state index in [4.69, 9.17) is 17.0 Å². The van der Waals surface area contributed by atoms with E-state index in [1.165, 1.54) is 4.90 Å². The first-order valence-corrected chi connectivity index (χ1v) is 10.9. The SMILES string of the molecule is CC(C)CC(CO)N1C(=N)NC(c2cccc(-c3cccc(Cl)c3)c2)(C2CC2)C1=O. The van der Waals surface area contributed by atoms with Gasteiger partial charge in [-0.1, -0.05) is 55.8 Å². The van der Waals surface area contributed by atoms with Crippen LogP contribution in [0.4, 0.5) is 0 Å². The van der Waals surface area contributed by atoms with Crippen LogP contribution in [0.5, 0.6) is 0 Å². The predicted octanol–water partition coefficient (Wildman–Crippen LogP) is 4.39. The highest BCUT2D eigenvalue weighted by Gasteiger charge is 2.60. The zero-order valence-electron chi connectivity index (χ0n) is 17.4. The third-order valence-corrected chi connectivity index (χ3v) is 6.33. The maximum atomic E-state index is 13.8. The minimum Gasteiger partial charge on any atom is -0.394 e. The zero-order chi connectivity index (χ0) is 21.5. The normalized spacial score (nSPS) is 22.5. The number of hydrogen-bond donors (Lipinski definition) is 3. The molecule has 4 rings (SSSR count). The number of benzene rings is 2. The number of aliphatic hydroxyl groups excluding tert-OH is 1. The standard InChI is InChI=1S/C24H28ClN3O2/c1-15(2)11-21(14-29)28-22(30)24(18-9-10-18,27-23(28)26)19-7-3-5-16(12-19)17-6-4-8-20(25)13-17/h3-8,12-13,15,18,21,29H,9-11,14H2,1-2H3,(H2,26,27). The molecule has 2 aliphatic rings. The molecule has 2 fully saturated rings. The van der Waals surface area contributed by atoms with Crippen molar-refractivity contribution >= 4 is 23.5 Å². The number of rotatable bonds is 7. The van der Waals surface area contributed by atoms with Gasteiger partial charge >= 0.3 is 0 Å². The van der Waals surface area contributed by atoms with Crippen molar-refractivity contribution in [3.63, 3.8) is 0 Å². The van der Waals surface area contributed by atoms with Gasteiger partial charge in [0.25, 0.3) is 5.91 Å². The van der Waals surface area contributed by atoms with E-state index < -0.39 is 11.6 Å². The van der Waals surface area contributed by atoms with Crippen LogP contribution in [0.3, 0.4) is 0 Å². The second-order valence-corrected chi connectivity index (χ2v) is 9.22. The van der Waals surface area contributed by atoms with Gasteiger partial charge < -0.3 is 10.4 Å². The van der Waals surface area contributed by atoms with Gasteiger partial charge in [0.1, 0.15) is 5.54 Å². The molecule has 0 radical (unpaired) electrons. The first-order chi connectivity index (χ1) is 14.4. The highest BCUT2D eigenvalue weighted by Crippen LogP contribution is 2.50. The molecule has 5 nitrogen and oxygen atoms in total. The smallest absolute Gasteiger partial charge is 0.260 e. The Morgan fingerprint density at radius 2 is 1.87 bits per heavy atom.